The fourth-order valence-electron chi connectivity index (χ4n) is 3.49. The van der Waals surface area contributed by atoms with Gasteiger partial charge in [-0.3, -0.25) is 0 Å². The number of hydrogen-bond acceptors (Lipinski definition) is 7. The van der Waals surface area contributed by atoms with Crippen LogP contribution in [0.3, 0.4) is 0 Å². The second kappa shape index (κ2) is 10.4. The Morgan fingerprint density at radius 3 is 1.76 bits per heavy atom. The minimum atomic E-state index is -1.01. The van der Waals surface area contributed by atoms with E-state index in [2.05, 4.69) is 20.2 Å². The van der Waals surface area contributed by atoms with Gasteiger partial charge in [0.05, 0.1) is 29.1 Å². The summed E-state index contributed by atoms with van der Waals surface area (Å²) in [5.74, 6) is -1.27. The van der Waals surface area contributed by atoms with Crippen LogP contribution >= 0.6 is 23.2 Å². The Kier molecular flexibility index (Phi) is 7.73. The van der Waals surface area contributed by atoms with Crippen LogP contribution in [0.1, 0.15) is 78.6 Å². The summed E-state index contributed by atoms with van der Waals surface area (Å²) in [6.45, 7) is 9.85. The minimum Gasteiger partial charge on any atom is -0.478 e. The van der Waals surface area contributed by atoms with Crippen molar-refractivity contribution in [2.24, 2.45) is 0 Å². The summed E-state index contributed by atoms with van der Waals surface area (Å²) in [6.07, 6.45) is 2.85. The van der Waals surface area contributed by atoms with Gasteiger partial charge in [-0.15, -0.1) is 0 Å². The summed E-state index contributed by atoms with van der Waals surface area (Å²) in [4.78, 5) is 31.1. The maximum absolute atomic E-state index is 11.9. The third kappa shape index (κ3) is 5.13. The Hall–Kier alpha value is -3.24. The van der Waals surface area contributed by atoms with Crippen molar-refractivity contribution in [2.75, 3.05) is 6.61 Å². The quantitative estimate of drug-likeness (QED) is 0.379. The highest BCUT2D eigenvalue weighted by Gasteiger charge is 2.21. The fourth-order valence-corrected chi connectivity index (χ4v) is 3.84. The number of fused-ring (bicyclic) bond motifs is 2. The van der Waals surface area contributed by atoms with Gasteiger partial charge in [-0.25, -0.2) is 28.6 Å². The molecule has 0 fully saturated rings. The number of ether oxygens (including phenoxy) is 1. The molecule has 4 rings (SSSR count). The lowest BCUT2D eigenvalue weighted by atomic mass is 10.1. The molecular weight excluding hydrogens is 483 g/mol. The molecule has 0 bridgehead atoms. The number of carboxylic acid groups (broad SMARTS) is 1. The first-order chi connectivity index (χ1) is 16.0. The zero-order valence-corrected chi connectivity index (χ0v) is 20.8. The molecule has 0 aromatic carbocycles. The average Bonchev–Trinajstić information content (AvgIpc) is 3.32. The summed E-state index contributed by atoms with van der Waals surface area (Å²) in [6, 6.07) is 3.25. The van der Waals surface area contributed by atoms with Crippen molar-refractivity contribution in [3.05, 3.63) is 57.3 Å². The highest BCUT2D eigenvalue weighted by atomic mass is 35.5. The molecular formula is C22H24Cl2N6O4. The van der Waals surface area contributed by atoms with Crippen molar-refractivity contribution in [1.29, 1.82) is 0 Å². The predicted molar refractivity (Wildman–Crippen MR) is 127 cm³/mol. The molecule has 0 atom stereocenters. The third-order valence-electron chi connectivity index (χ3n) is 4.80. The van der Waals surface area contributed by atoms with E-state index in [1.165, 1.54) is 16.9 Å². The molecule has 0 radical (unpaired) electrons. The van der Waals surface area contributed by atoms with Gasteiger partial charge in [0.15, 0.2) is 21.6 Å². The van der Waals surface area contributed by atoms with Crippen LogP contribution in [0.4, 0.5) is 0 Å². The molecule has 0 unspecified atom stereocenters. The highest BCUT2D eigenvalue weighted by Crippen LogP contribution is 2.23. The monoisotopic (exact) mass is 506 g/mol. The van der Waals surface area contributed by atoms with Crippen molar-refractivity contribution in [1.82, 2.24) is 29.2 Å². The summed E-state index contributed by atoms with van der Waals surface area (Å²) in [7, 11) is 0. The van der Waals surface area contributed by atoms with Gasteiger partial charge in [-0.1, -0.05) is 50.9 Å². The molecule has 34 heavy (non-hydrogen) atoms. The molecule has 12 heteroatoms. The molecule has 0 aliphatic heterocycles. The van der Waals surface area contributed by atoms with Gasteiger partial charge in [-0.05, 0) is 18.8 Å². The van der Waals surface area contributed by atoms with Gasteiger partial charge in [0.25, 0.3) is 0 Å². The molecule has 0 spiro atoms. The summed E-state index contributed by atoms with van der Waals surface area (Å²) in [5.41, 5.74) is 3.12. The van der Waals surface area contributed by atoms with E-state index in [-0.39, 0.29) is 23.4 Å². The van der Waals surface area contributed by atoms with E-state index in [0.717, 1.165) is 5.69 Å². The van der Waals surface area contributed by atoms with E-state index in [1.54, 1.807) is 23.6 Å². The van der Waals surface area contributed by atoms with Crippen molar-refractivity contribution in [3.8, 4) is 0 Å². The molecule has 0 amide bonds. The maximum atomic E-state index is 11.9. The smallest absolute Gasteiger partial charge is 0.341 e. The zero-order valence-electron chi connectivity index (χ0n) is 19.3. The van der Waals surface area contributed by atoms with Gasteiger partial charge in [0, 0.05) is 24.5 Å². The number of carbonyl (C=O) groups excluding carboxylic acids is 1. The second-order valence-electron chi connectivity index (χ2n) is 7.92. The van der Waals surface area contributed by atoms with E-state index in [1.807, 2.05) is 27.7 Å². The van der Waals surface area contributed by atoms with Crippen LogP contribution in [0, 0.1) is 0 Å². The van der Waals surface area contributed by atoms with Crippen LogP contribution in [0.2, 0.25) is 10.3 Å². The Labute approximate surface area is 205 Å². The molecule has 10 nitrogen and oxygen atoms in total. The van der Waals surface area contributed by atoms with E-state index in [0.29, 0.717) is 39.5 Å². The maximum Gasteiger partial charge on any atom is 0.341 e. The molecule has 0 saturated carbocycles. The lowest BCUT2D eigenvalue weighted by Crippen LogP contribution is -2.14. The minimum absolute atomic E-state index is 0.0209. The van der Waals surface area contributed by atoms with Gasteiger partial charge in [0.2, 0.25) is 0 Å². The summed E-state index contributed by atoms with van der Waals surface area (Å²) < 4.78 is 8.10. The Bertz CT molecular complexity index is 1360. The number of rotatable bonds is 5. The van der Waals surface area contributed by atoms with Gasteiger partial charge < -0.3 is 9.84 Å². The third-order valence-corrected chi connectivity index (χ3v) is 5.17. The fraction of sp³-hybridized carbons (Fsp3) is 0.364. The normalized spacial score (nSPS) is 11.2. The topological polar surface area (TPSA) is 124 Å². The van der Waals surface area contributed by atoms with Gasteiger partial charge in [0.1, 0.15) is 0 Å². The van der Waals surface area contributed by atoms with Crippen molar-refractivity contribution < 1.29 is 19.4 Å². The standard InChI is InChI=1S/C12H14ClN3O2.C10H10ClN3O2/c1-4-18-12(17)8-6-14-10-5-9(13)15-16(10)11(8)7(2)3;1-5(2)9-6(10(15)16)4-12-8-3-7(11)13-14(8)9/h5-7H,4H2,1-3H3;3-5H,1-2H3,(H,15,16). The van der Waals surface area contributed by atoms with E-state index in [4.69, 9.17) is 33.0 Å². The van der Waals surface area contributed by atoms with Crippen LogP contribution in [0.5, 0.6) is 0 Å². The molecule has 1 N–H and O–H groups in total. The van der Waals surface area contributed by atoms with Crippen LogP contribution in [-0.2, 0) is 4.74 Å². The number of carboxylic acids is 1. The number of carbonyl (C=O) groups is 2. The molecule has 180 valence electrons. The highest BCUT2D eigenvalue weighted by molar-refractivity contribution is 6.30. The zero-order chi connectivity index (χ0) is 25.2. The largest absolute Gasteiger partial charge is 0.478 e. The average molecular weight is 507 g/mol. The first-order valence-electron chi connectivity index (χ1n) is 10.5. The Morgan fingerprint density at radius 1 is 0.912 bits per heavy atom. The molecule has 4 aromatic rings. The first kappa shape index (κ1) is 25.4. The molecule has 0 saturated heterocycles. The molecule has 4 aromatic heterocycles. The molecule has 4 heterocycles. The lowest BCUT2D eigenvalue weighted by molar-refractivity contribution is 0.0522. The predicted octanol–water partition coefficient (Wildman–Crippen LogP) is 4.89. The number of aromatic nitrogens is 6. The van der Waals surface area contributed by atoms with Gasteiger partial charge >= 0.3 is 11.9 Å². The number of aromatic carboxylic acids is 1. The number of nitrogens with zero attached hydrogens (tertiary/aromatic N) is 6. The Morgan fingerprint density at radius 2 is 1.35 bits per heavy atom. The van der Waals surface area contributed by atoms with E-state index < -0.39 is 5.97 Å². The van der Waals surface area contributed by atoms with Crippen molar-refractivity contribution in [2.45, 2.75) is 46.5 Å². The molecule has 0 aliphatic rings. The van der Waals surface area contributed by atoms with Crippen LogP contribution < -0.4 is 0 Å². The summed E-state index contributed by atoms with van der Waals surface area (Å²) >= 11 is 11.6. The number of esters is 1. The summed E-state index contributed by atoms with van der Waals surface area (Å²) in [5, 5.41) is 17.9. The SMILES string of the molecule is CC(C)c1c(C(=O)O)cnc2cc(Cl)nn12.CCOC(=O)c1cnc2cc(Cl)nn2c1C(C)C. The Balaban J connectivity index is 0.000000192. The van der Waals surface area contributed by atoms with Crippen LogP contribution in [-0.4, -0.2) is 52.8 Å². The second-order valence-corrected chi connectivity index (χ2v) is 8.70. The van der Waals surface area contributed by atoms with E-state index >= 15 is 0 Å². The number of halogens is 2. The first-order valence-corrected chi connectivity index (χ1v) is 11.3. The van der Waals surface area contributed by atoms with Crippen LogP contribution in [0.15, 0.2) is 24.5 Å². The van der Waals surface area contributed by atoms with Crippen LogP contribution in [0.25, 0.3) is 11.3 Å². The van der Waals surface area contributed by atoms with Crippen molar-refractivity contribution >= 4 is 46.4 Å². The van der Waals surface area contributed by atoms with Crippen molar-refractivity contribution in [3.63, 3.8) is 0 Å². The number of hydrogen-bond donors (Lipinski definition) is 1. The van der Waals surface area contributed by atoms with Gasteiger partial charge in [-0.2, -0.15) is 10.2 Å². The van der Waals surface area contributed by atoms with E-state index in [9.17, 15) is 9.59 Å². The lowest BCUT2D eigenvalue weighted by Gasteiger charge is -2.12. The molecule has 0 aliphatic carbocycles.